The van der Waals surface area contributed by atoms with Crippen LogP contribution < -0.4 is 25.1 Å². The molecule has 8 heteroatoms. The number of carbonyl (C=O) groups is 1. The molecule has 2 aliphatic heterocycles. The fourth-order valence-electron chi connectivity index (χ4n) is 5.28. The molecule has 0 unspecified atom stereocenters. The van der Waals surface area contributed by atoms with Crippen LogP contribution in [0.5, 0.6) is 0 Å². The fraction of sp³-hybridized carbons (Fsp3) is 0.233. The summed E-state index contributed by atoms with van der Waals surface area (Å²) in [5.74, 6) is -0.252. The summed E-state index contributed by atoms with van der Waals surface area (Å²) in [4.78, 5) is 36.1. The Morgan fingerprint density at radius 2 is 1.84 bits per heavy atom. The number of nitrogens with one attached hydrogen (secondary N) is 1. The summed E-state index contributed by atoms with van der Waals surface area (Å²) >= 11 is 2.91. The SMILES string of the molecule is CC1=C(C(=O)Nc2ccccc2)[C@H](c2cccs2)n2c(s/c(=C/c3ccc(N4CCCC4)c(C)c3)c2=O)=N1. The Balaban J connectivity index is 1.42. The van der Waals surface area contributed by atoms with E-state index >= 15 is 0 Å². The number of nitrogens with zero attached hydrogens (tertiary/aromatic N) is 3. The highest BCUT2D eigenvalue weighted by Crippen LogP contribution is 2.33. The van der Waals surface area contributed by atoms with Crippen molar-refractivity contribution < 1.29 is 4.79 Å². The molecule has 6 nitrogen and oxygen atoms in total. The van der Waals surface area contributed by atoms with Gasteiger partial charge in [0, 0.05) is 29.3 Å². The van der Waals surface area contributed by atoms with Crippen molar-refractivity contribution in [1.29, 1.82) is 0 Å². The van der Waals surface area contributed by atoms with Crippen LogP contribution in [0.3, 0.4) is 0 Å². The van der Waals surface area contributed by atoms with Gasteiger partial charge in [0.05, 0.1) is 15.8 Å². The largest absolute Gasteiger partial charge is 0.371 e. The third-order valence-electron chi connectivity index (χ3n) is 7.08. The first kappa shape index (κ1) is 24.6. The quantitative estimate of drug-likeness (QED) is 0.394. The van der Waals surface area contributed by atoms with E-state index in [1.807, 2.05) is 60.8 Å². The Morgan fingerprint density at radius 1 is 1.05 bits per heavy atom. The van der Waals surface area contributed by atoms with Crippen LogP contribution in [0.1, 0.15) is 41.8 Å². The topological polar surface area (TPSA) is 66.7 Å². The number of rotatable bonds is 5. The van der Waals surface area contributed by atoms with Crippen LogP contribution in [0.4, 0.5) is 11.4 Å². The van der Waals surface area contributed by atoms with Gasteiger partial charge in [-0.05, 0) is 79.6 Å². The maximum Gasteiger partial charge on any atom is 0.271 e. The first-order valence-electron chi connectivity index (χ1n) is 12.8. The maximum absolute atomic E-state index is 13.8. The van der Waals surface area contributed by atoms with E-state index in [2.05, 4.69) is 35.3 Å². The van der Waals surface area contributed by atoms with E-state index in [-0.39, 0.29) is 11.5 Å². The number of para-hydroxylation sites is 1. The van der Waals surface area contributed by atoms with Gasteiger partial charge in [0.15, 0.2) is 4.80 Å². The molecule has 2 aromatic heterocycles. The smallest absolute Gasteiger partial charge is 0.271 e. The number of aryl methyl sites for hydroxylation is 1. The summed E-state index contributed by atoms with van der Waals surface area (Å²) in [5.41, 5.74) is 5.14. The third kappa shape index (κ3) is 4.54. The molecule has 0 bridgehead atoms. The molecule has 192 valence electrons. The Kier molecular flexibility index (Phi) is 6.59. The zero-order valence-corrected chi connectivity index (χ0v) is 22.9. The number of hydrogen-bond acceptors (Lipinski definition) is 6. The molecular weight excluding hydrogens is 512 g/mol. The number of hydrogen-bond donors (Lipinski definition) is 1. The van der Waals surface area contributed by atoms with Crippen molar-refractivity contribution in [3.8, 4) is 0 Å². The van der Waals surface area contributed by atoms with Crippen molar-refractivity contribution in [3.05, 3.63) is 113 Å². The van der Waals surface area contributed by atoms with Gasteiger partial charge in [0.2, 0.25) is 0 Å². The number of aromatic nitrogens is 1. The highest BCUT2D eigenvalue weighted by Gasteiger charge is 2.33. The lowest BCUT2D eigenvalue weighted by Crippen LogP contribution is -2.40. The molecule has 1 N–H and O–H groups in total. The van der Waals surface area contributed by atoms with Crippen molar-refractivity contribution in [3.63, 3.8) is 0 Å². The molecule has 4 aromatic rings. The molecular formula is C30H28N4O2S2. The predicted molar refractivity (Wildman–Crippen MR) is 156 cm³/mol. The van der Waals surface area contributed by atoms with Crippen LogP contribution in [0.25, 0.3) is 6.08 Å². The van der Waals surface area contributed by atoms with E-state index in [0.29, 0.717) is 26.3 Å². The lowest BCUT2D eigenvalue weighted by atomic mass is 10.0. The molecule has 2 aromatic carbocycles. The number of fused-ring (bicyclic) bond motifs is 1. The number of anilines is 2. The Labute approximate surface area is 228 Å². The van der Waals surface area contributed by atoms with Gasteiger partial charge in [0.25, 0.3) is 11.5 Å². The average molecular weight is 541 g/mol. The normalized spacial score (nSPS) is 17.5. The van der Waals surface area contributed by atoms with Gasteiger partial charge in [-0.1, -0.05) is 41.7 Å². The van der Waals surface area contributed by atoms with Gasteiger partial charge in [-0.3, -0.25) is 14.2 Å². The van der Waals surface area contributed by atoms with E-state index in [1.54, 1.807) is 4.57 Å². The highest BCUT2D eigenvalue weighted by molar-refractivity contribution is 7.10. The van der Waals surface area contributed by atoms with Crippen LogP contribution in [0.2, 0.25) is 0 Å². The molecule has 6 rings (SSSR count). The minimum atomic E-state index is -0.531. The molecule has 1 fully saturated rings. The minimum absolute atomic E-state index is 0.133. The number of thiazole rings is 1. The molecule has 0 saturated carbocycles. The van der Waals surface area contributed by atoms with Crippen LogP contribution in [-0.2, 0) is 4.79 Å². The van der Waals surface area contributed by atoms with Crippen LogP contribution in [-0.4, -0.2) is 23.6 Å². The zero-order chi connectivity index (χ0) is 26.2. The van der Waals surface area contributed by atoms with Crippen molar-refractivity contribution in [2.24, 2.45) is 4.99 Å². The van der Waals surface area contributed by atoms with Gasteiger partial charge in [0.1, 0.15) is 6.04 Å². The lowest BCUT2D eigenvalue weighted by Gasteiger charge is -2.24. The second-order valence-electron chi connectivity index (χ2n) is 9.66. The van der Waals surface area contributed by atoms with E-state index in [4.69, 9.17) is 4.99 Å². The molecule has 1 saturated heterocycles. The van der Waals surface area contributed by atoms with Gasteiger partial charge in [-0.15, -0.1) is 11.3 Å². The summed E-state index contributed by atoms with van der Waals surface area (Å²) in [6.07, 6.45) is 4.41. The van der Waals surface area contributed by atoms with E-state index < -0.39 is 6.04 Å². The molecule has 0 aliphatic carbocycles. The number of thiophene rings is 1. The van der Waals surface area contributed by atoms with Crippen molar-refractivity contribution in [2.45, 2.75) is 32.7 Å². The first-order chi connectivity index (χ1) is 18.5. The van der Waals surface area contributed by atoms with Crippen molar-refractivity contribution in [2.75, 3.05) is 23.3 Å². The van der Waals surface area contributed by atoms with Crippen molar-refractivity contribution >= 4 is 46.0 Å². The number of benzene rings is 2. The van der Waals surface area contributed by atoms with Gasteiger partial charge in [-0.25, -0.2) is 4.99 Å². The molecule has 38 heavy (non-hydrogen) atoms. The number of allylic oxidation sites excluding steroid dienone is 1. The average Bonchev–Trinajstić information content (AvgIpc) is 3.67. The summed E-state index contributed by atoms with van der Waals surface area (Å²) in [6, 6.07) is 19.1. The number of amides is 1. The van der Waals surface area contributed by atoms with Gasteiger partial charge < -0.3 is 10.2 Å². The van der Waals surface area contributed by atoms with Crippen molar-refractivity contribution in [1.82, 2.24) is 4.57 Å². The van der Waals surface area contributed by atoms with Gasteiger partial charge >= 0.3 is 0 Å². The molecule has 0 spiro atoms. The Bertz CT molecular complexity index is 1710. The second-order valence-corrected chi connectivity index (χ2v) is 11.6. The summed E-state index contributed by atoms with van der Waals surface area (Å²) in [5, 5.41) is 4.96. The Hall–Kier alpha value is -3.75. The lowest BCUT2D eigenvalue weighted by molar-refractivity contribution is -0.113. The summed E-state index contributed by atoms with van der Waals surface area (Å²) < 4.78 is 2.29. The van der Waals surface area contributed by atoms with Crippen LogP contribution >= 0.6 is 22.7 Å². The highest BCUT2D eigenvalue weighted by atomic mass is 32.1. The molecule has 0 radical (unpaired) electrons. The monoisotopic (exact) mass is 540 g/mol. The van der Waals surface area contributed by atoms with E-state index in [9.17, 15) is 9.59 Å². The minimum Gasteiger partial charge on any atom is -0.371 e. The zero-order valence-electron chi connectivity index (χ0n) is 21.3. The maximum atomic E-state index is 13.8. The summed E-state index contributed by atoms with van der Waals surface area (Å²) in [6.45, 7) is 6.17. The first-order valence-corrected chi connectivity index (χ1v) is 14.5. The molecule has 1 amide bonds. The molecule has 1 atom stereocenters. The molecule has 2 aliphatic rings. The van der Waals surface area contributed by atoms with Crippen LogP contribution in [0, 0.1) is 6.92 Å². The van der Waals surface area contributed by atoms with E-state index in [1.165, 1.54) is 46.8 Å². The standard InChI is InChI=1S/C30H28N4O2S2/c1-19-17-21(12-13-23(19)33-14-6-7-15-33)18-25-29(36)34-27(24-11-8-16-37-24)26(20(2)31-30(34)38-25)28(35)32-22-9-4-3-5-10-22/h3-5,8-13,16-18,27H,6-7,14-15H2,1-2H3,(H,32,35)/b25-18+/t27-/m0/s1. The number of carbonyl (C=O) groups excluding carboxylic acids is 1. The predicted octanol–water partition coefficient (Wildman–Crippen LogP) is 4.84. The summed E-state index contributed by atoms with van der Waals surface area (Å²) in [7, 11) is 0. The fourth-order valence-corrected chi connectivity index (χ4v) is 7.15. The van der Waals surface area contributed by atoms with Gasteiger partial charge in [-0.2, -0.15) is 0 Å². The van der Waals surface area contributed by atoms with E-state index in [0.717, 1.165) is 23.5 Å². The second kappa shape index (κ2) is 10.2. The van der Waals surface area contributed by atoms with Crippen LogP contribution in [0.15, 0.2) is 87.1 Å². The Morgan fingerprint density at radius 3 is 2.55 bits per heavy atom. The molecule has 4 heterocycles. The third-order valence-corrected chi connectivity index (χ3v) is 8.98.